The predicted octanol–water partition coefficient (Wildman–Crippen LogP) is -1.12. The summed E-state index contributed by atoms with van der Waals surface area (Å²) < 4.78 is 31.0. The minimum atomic E-state index is -4.03. The third kappa shape index (κ3) is 8.23. The first-order valence-electron chi connectivity index (χ1n) is 5.39. The summed E-state index contributed by atoms with van der Waals surface area (Å²) in [6.45, 7) is 3.16. The van der Waals surface area contributed by atoms with E-state index in [0.29, 0.717) is 0 Å². The minimum absolute atomic E-state index is 0.0691. The van der Waals surface area contributed by atoms with Gasteiger partial charge in [0.25, 0.3) is 0 Å². The molecule has 1 unspecified atom stereocenters. The van der Waals surface area contributed by atoms with Gasteiger partial charge in [0.05, 0.1) is 12.2 Å². The summed E-state index contributed by atoms with van der Waals surface area (Å²) >= 11 is 0. The number of carbonyl (C=O) groups excluding carboxylic acids is 1. The van der Waals surface area contributed by atoms with E-state index < -0.39 is 21.9 Å². The lowest BCUT2D eigenvalue weighted by atomic mass is 10.1. The normalized spacial score (nSPS) is 15.2. The maximum Gasteiger partial charge on any atom is 0.421 e. The summed E-state index contributed by atoms with van der Waals surface area (Å²) in [5.41, 5.74) is -1.24. The highest BCUT2D eigenvalue weighted by molar-refractivity contribution is 7.88. The Hall–Kier alpha value is -0.900. The number of hydrogen-bond acceptors (Lipinski definition) is 6. The SMILES string of the molecule is CCOC(=O)NS(=O)(=O)NCC(C)(O)CN(C)C. The van der Waals surface area contributed by atoms with Crippen molar-refractivity contribution in [1.82, 2.24) is 14.3 Å². The summed E-state index contributed by atoms with van der Waals surface area (Å²) in [4.78, 5) is 12.7. The van der Waals surface area contributed by atoms with Crippen molar-refractivity contribution in [2.75, 3.05) is 33.8 Å². The first kappa shape index (κ1) is 17.1. The second-order valence-corrected chi connectivity index (χ2v) is 5.88. The number of likely N-dealkylation sites (N-methyl/N-ethyl adjacent to an activating group) is 1. The lowest BCUT2D eigenvalue weighted by Gasteiger charge is -2.26. The molecule has 0 rings (SSSR count). The molecule has 1 amide bonds. The van der Waals surface area contributed by atoms with Crippen LogP contribution in [0.2, 0.25) is 0 Å². The molecule has 9 heteroatoms. The Morgan fingerprint density at radius 3 is 2.44 bits per heavy atom. The molecule has 0 spiro atoms. The molecular formula is C9H21N3O5S. The number of carbonyl (C=O) groups is 1. The van der Waals surface area contributed by atoms with Crippen LogP contribution in [0.4, 0.5) is 4.79 Å². The van der Waals surface area contributed by atoms with Crippen molar-refractivity contribution in [3.63, 3.8) is 0 Å². The van der Waals surface area contributed by atoms with Crippen molar-refractivity contribution in [2.45, 2.75) is 19.4 Å². The van der Waals surface area contributed by atoms with E-state index in [0.717, 1.165) is 0 Å². The molecule has 18 heavy (non-hydrogen) atoms. The van der Waals surface area contributed by atoms with Crippen molar-refractivity contribution < 1.29 is 23.1 Å². The molecule has 0 saturated heterocycles. The fraction of sp³-hybridized carbons (Fsp3) is 0.889. The molecule has 0 aliphatic carbocycles. The van der Waals surface area contributed by atoms with Crippen LogP contribution in [0.1, 0.15) is 13.8 Å². The van der Waals surface area contributed by atoms with Gasteiger partial charge in [-0.25, -0.2) is 9.52 Å². The summed E-state index contributed by atoms with van der Waals surface area (Å²) in [6, 6.07) is 0. The van der Waals surface area contributed by atoms with E-state index in [-0.39, 0.29) is 19.7 Å². The van der Waals surface area contributed by atoms with E-state index in [4.69, 9.17) is 0 Å². The van der Waals surface area contributed by atoms with Gasteiger partial charge >= 0.3 is 16.3 Å². The Balaban J connectivity index is 4.30. The highest BCUT2D eigenvalue weighted by Crippen LogP contribution is 2.02. The van der Waals surface area contributed by atoms with E-state index >= 15 is 0 Å². The lowest BCUT2D eigenvalue weighted by molar-refractivity contribution is 0.0385. The predicted molar refractivity (Wildman–Crippen MR) is 66.3 cm³/mol. The number of hydrogen-bond donors (Lipinski definition) is 3. The van der Waals surface area contributed by atoms with Crippen LogP contribution in [0.25, 0.3) is 0 Å². The van der Waals surface area contributed by atoms with Crippen LogP contribution in [-0.4, -0.2) is 63.9 Å². The number of amides is 1. The molecule has 0 heterocycles. The first-order valence-corrected chi connectivity index (χ1v) is 6.87. The molecule has 1 atom stereocenters. The summed E-state index contributed by atoms with van der Waals surface area (Å²) in [7, 11) is -0.525. The summed E-state index contributed by atoms with van der Waals surface area (Å²) in [5, 5.41) is 9.87. The van der Waals surface area contributed by atoms with Gasteiger partial charge < -0.3 is 14.7 Å². The number of rotatable bonds is 7. The van der Waals surface area contributed by atoms with Crippen molar-refractivity contribution >= 4 is 16.3 Å². The molecule has 3 N–H and O–H groups in total. The highest BCUT2D eigenvalue weighted by Gasteiger charge is 2.25. The van der Waals surface area contributed by atoms with Gasteiger partial charge in [0, 0.05) is 13.1 Å². The molecule has 0 fully saturated rings. The van der Waals surface area contributed by atoms with Crippen LogP contribution >= 0.6 is 0 Å². The van der Waals surface area contributed by atoms with Crippen molar-refractivity contribution in [2.24, 2.45) is 0 Å². The lowest BCUT2D eigenvalue weighted by Crippen LogP contribution is -2.50. The van der Waals surface area contributed by atoms with Gasteiger partial charge in [-0.2, -0.15) is 13.1 Å². The van der Waals surface area contributed by atoms with Crippen LogP contribution in [-0.2, 0) is 14.9 Å². The maximum absolute atomic E-state index is 11.4. The average molecular weight is 283 g/mol. The third-order valence-corrected chi connectivity index (χ3v) is 2.75. The van der Waals surface area contributed by atoms with Gasteiger partial charge in [0.2, 0.25) is 0 Å². The van der Waals surface area contributed by atoms with Crippen molar-refractivity contribution in [3.05, 3.63) is 0 Å². The number of ether oxygens (including phenoxy) is 1. The molecule has 0 bridgehead atoms. The van der Waals surface area contributed by atoms with Gasteiger partial charge in [-0.1, -0.05) is 0 Å². The highest BCUT2D eigenvalue weighted by atomic mass is 32.2. The van der Waals surface area contributed by atoms with E-state index in [2.05, 4.69) is 9.46 Å². The van der Waals surface area contributed by atoms with Gasteiger partial charge in [-0.15, -0.1) is 0 Å². The molecule has 0 saturated carbocycles. The number of nitrogens with one attached hydrogen (secondary N) is 2. The average Bonchev–Trinajstić information content (AvgIpc) is 2.12. The van der Waals surface area contributed by atoms with E-state index in [1.54, 1.807) is 30.6 Å². The van der Waals surface area contributed by atoms with E-state index in [9.17, 15) is 18.3 Å². The fourth-order valence-corrected chi connectivity index (χ4v) is 2.15. The largest absolute Gasteiger partial charge is 0.449 e. The van der Waals surface area contributed by atoms with Crippen LogP contribution in [0, 0.1) is 0 Å². The quantitative estimate of drug-likeness (QED) is 0.546. The molecule has 0 aromatic rings. The Bertz CT molecular complexity index is 366. The van der Waals surface area contributed by atoms with Crippen LogP contribution in [0.3, 0.4) is 0 Å². The molecule has 0 aliphatic rings. The smallest absolute Gasteiger partial charge is 0.421 e. The maximum atomic E-state index is 11.4. The fourth-order valence-electron chi connectivity index (χ4n) is 1.29. The Labute approximate surface area is 107 Å². The number of nitrogens with zero attached hydrogens (tertiary/aromatic N) is 1. The van der Waals surface area contributed by atoms with Crippen LogP contribution in [0.5, 0.6) is 0 Å². The molecule has 0 aromatic carbocycles. The molecule has 8 nitrogen and oxygen atoms in total. The molecule has 108 valence electrons. The Morgan fingerprint density at radius 1 is 1.44 bits per heavy atom. The Kier molecular flexibility index (Phi) is 6.54. The summed E-state index contributed by atoms with van der Waals surface area (Å²) in [5.74, 6) is 0. The minimum Gasteiger partial charge on any atom is -0.449 e. The van der Waals surface area contributed by atoms with Crippen molar-refractivity contribution in [3.8, 4) is 0 Å². The second-order valence-electron chi connectivity index (χ2n) is 4.38. The first-order chi connectivity index (χ1) is 8.08. The zero-order valence-corrected chi connectivity index (χ0v) is 11.9. The van der Waals surface area contributed by atoms with Gasteiger partial charge in [-0.05, 0) is 27.9 Å². The molecule has 0 aliphatic heterocycles. The van der Waals surface area contributed by atoms with Gasteiger partial charge in [-0.3, -0.25) is 0 Å². The monoisotopic (exact) mass is 283 g/mol. The van der Waals surface area contributed by atoms with Crippen LogP contribution < -0.4 is 9.44 Å². The number of aliphatic hydroxyl groups is 1. The molecular weight excluding hydrogens is 262 g/mol. The van der Waals surface area contributed by atoms with Gasteiger partial charge in [0.15, 0.2) is 0 Å². The molecule has 0 radical (unpaired) electrons. The van der Waals surface area contributed by atoms with Crippen molar-refractivity contribution in [1.29, 1.82) is 0 Å². The zero-order valence-electron chi connectivity index (χ0n) is 11.1. The summed E-state index contributed by atoms with van der Waals surface area (Å²) in [6.07, 6.45) is -1.06. The Morgan fingerprint density at radius 2 is 2.00 bits per heavy atom. The molecule has 0 aromatic heterocycles. The van der Waals surface area contributed by atoms with E-state index in [1.165, 1.54) is 6.92 Å². The third-order valence-electron chi connectivity index (χ3n) is 1.79. The second kappa shape index (κ2) is 6.88. The standard InChI is InChI=1S/C9H21N3O5S/c1-5-17-8(13)11-18(15,16)10-6-9(2,14)7-12(3)4/h10,14H,5-7H2,1-4H3,(H,11,13). The van der Waals surface area contributed by atoms with Gasteiger partial charge in [0.1, 0.15) is 0 Å². The zero-order chi connectivity index (χ0) is 14.4. The van der Waals surface area contributed by atoms with Crippen LogP contribution in [0.15, 0.2) is 0 Å². The van der Waals surface area contributed by atoms with E-state index in [1.807, 2.05) is 0 Å². The topological polar surface area (TPSA) is 108 Å².